The van der Waals surface area contributed by atoms with Crippen molar-refractivity contribution in [2.75, 3.05) is 19.8 Å². The van der Waals surface area contributed by atoms with Gasteiger partial charge in [-0.2, -0.15) is 0 Å². The van der Waals surface area contributed by atoms with Crippen molar-refractivity contribution in [3.63, 3.8) is 0 Å². The third-order valence-corrected chi connectivity index (χ3v) is 2.94. The van der Waals surface area contributed by atoms with Gasteiger partial charge in [-0.3, -0.25) is 0 Å². The molecule has 108 valence electrons. The van der Waals surface area contributed by atoms with Gasteiger partial charge in [0.05, 0.1) is 6.61 Å². The molecule has 0 amide bonds. The molecule has 0 saturated carbocycles. The summed E-state index contributed by atoms with van der Waals surface area (Å²) in [4.78, 5) is 4.34. The molecule has 0 radical (unpaired) electrons. The number of nitrogens with zero attached hydrogens (tertiary/aromatic N) is 1. The van der Waals surface area contributed by atoms with Crippen molar-refractivity contribution in [1.82, 2.24) is 10.3 Å². The van der Waals surface area contributed by atoms with E-state index >= 15 is 0 Å². The minimum absolute atomic E-state index is 0.00134. The summed E-state index contributed by atoms with van der Waals surface area (Å²) < 4.78 is 12.2. The first kappa shape index (κ1) is 16.4. The lowest BCUT2D eigenvalue weighted by molar-refractivity contribution is 0.0627. The van der Waals surface area contributed by atoms with Gasteiger partial charge in [0.15, 0.2) is 0 Å². The molecule has 1 unspecified atom stereocenters. The predicted molar refractivity (Wildman–Crippen MR) is 80.5 cm³/mol. The second-order valence-corrected chi connectivity index (χ2v) is 5.30. The van der Waals surface area contributed by atoms with Crippen LogP contribution in [0.15, 0.2) is 16.7 Å². The van der Waals surface area contributed by atoms with Crippen LogP contribution in [0.3, 0.4) is 0 Å². The van der Waals surface area contributed by atoms with E-state index in [-0.39, 0.29) is 6.10 Å². The number of nitrogens with one attached hydrogen (secondary N) is 1. The third-order valence-electron chi connectivity index (χ3n) is 2.50. The van der Waals surface area contributed by atoms with E-state index in [1.807, 2.05) is 19.9 Å². The van der Waals surface area contributed by atoms with E-state index in [0.29, 0.717) is 19.1 Å². The third kappa shape index (κ3) is 6.36. The predicted octanol–water partition coefficient (Wildman–Crippen LogP) is 3.15. The summed E-state index contributed by atoms with van der Waals surface area (Å²) in [5.74, 6) is 0.680. The molecular weight excluding hydrogens is 308 g/mol. The maximum Gasteiger partial charge on any atom is 0.218 e. The van der Waals surface area contributed by atoms with Gasteiger partial charge in [-0.1, -0.05) is 6.92 Å². The largest absolute Gasteiger partial charge is 0.472 e. The van der Waals surface area contributed by atoms with Crippen LogP contribution in [0.2, 0.25) is 0 Å². The van der Waals surface area contributed by atoms with Gasteiger partial charge < -0.3 is 14.8 Å². The lowest BCUT2D eigenvalue weighted by atomic mass is 10.2. The van der Waals surface area contributed by atoms with Crippen LogP contribution in [0.25, 0.3) is 0 Å². The Morgan fingerprint density at radius 3 is 2.89 bits per heavy atom. The molecule has 0 spiro atoms. The van der Waals surface area contributed by atoms with Crippen molar-refractivity contribution < 1.29 is 9.47 Å². The maximum atomic E-state index is 5.84. The van der Waals surface area contributed by atoms with Crippen LogP contribution < -0.4 is 10.1 Å². The Kier molecular flexibility index (Phi) is 8.02. The molecular formula is C14H23BrN2O2. The average Bonchev–Trinajstić information content (AvgIpc) is 2.39. The van der Waals surface area contributed by atoms with Gasteiger partial charge >= 0.3 is 0 Å². The first-order valence-corrected chi connectivity index (χ1v) is 7.56. The van der Waals surface area contributed by atoms with Crippen molar-refractivity contribution in [1.29, 1.82) is 0 Å². The molecule has 1 rings (SSSR count). The fourth-order valence-electron chi connectivity index (χ4n) is 1.61. The average molecular weight is 331 g/mol. The van der Waals surface area contributed by atoms with Crippen LogP contribution in [0.1, 0.15) is 32.8 Å². The highest BCUT2D eigenvalue weighted by molar-refractivity contribution is 9.10. The Bertz CT molecular complexity index is 374. The zero-order valence-electron chi connectivity index (χ0n) is 11.9. The summed E-state index contributed by atoms with van der Waals surface area (Å²) in [5, 5.41) is 3.36. The molecule has 1 aromatic heterocycles. The SMILES string of the molecule is CCCNCc1cc(Br)cnc1OC(C)COCC. The summed E-state index contributed by atoms with van der Waals surface area (Å²) >= 11 is 3.44. The van der Waals surface area contributed by atoms with Crippen molar-refractivity contribution in [3.8, 4) is 5.88 Å². The van der Waals surface area contributed by atoms with Gasteiger partial charge in [-0.05, 0) is 48.8 Å². The van der Waals surface area contributed by atoms with Gasteiger partial charge in [-0.15, -0.1) is 0 Å². The van der Waals surface area contributed by atoms with Gasteiger partial charge in [0.1, 0.15) is 6.10 Å². The van der Waals surface area contributed by atoms with Crippen molar-refractivity contribution >= 4 is 15.9 Å². The lowest BCUT2D eigenvalue weighted by Gasteiger charge is -2.16. The van der Waals surface area contributed by atoms with E-state index in [0.717, 1.165) is 29.5 Å². The van der Waals surface area contributed by atoms with E-state index in [2.05, 4.69) is 33.2 Å². The van der Waals surface area contributed by atoms with Crippen molar-refractivity contribution in [2.45, 2.75) is 39.8 Å². The maximum absolute atomic E-state index is 5.84. The summed E-state index contributed by atoms with van der Waals surface area (Å²) in [7, 11) is 0. The Balaban J connectivity index is 2.64. The quantitative estimate of drug-likeness (QED) is 0.706. The fraction of sp³-hybridized carbons (Fsp3) is 0.643. The zero-order valence-corrected chi connectivity index (χ0v) is 13.5. The molecule has 0 aliphatic heterocycles. The topological polar surface area (TPSA) is 43.4 Å². The van der Waals surface area contributed by atoms with E-state index in [1.54, 1.807) is 6.20 Å². The lowest BCUT2D eigenvalue weighted by Crippen LogP contribution is -2.22. The molecule has 4 nitrogen and oxygen atoms in total. The summed E-state index contributed by atoms with van der Waals surface area (Å²) in [6, 6.07) is 2.04. The number of aromatic nitrogens is 1. The smallest absolute Gasteiger partial charge is 0.218 e. The molecule has 0 aromatic carbocycles. The van der Waals surface area contributed by atoms with Crippen molar-refractivity contribution in [2.24, 2.45) is 0 Å². The highest BCUT2D eigenvalue weighted by Crippen LogP contribution is 2.21. The molecule has 0 aliphatic carbocycles. The van der Waals surface area contributed by atoms with Crippen LogP contribution >= 0.6 is 15.9 Å². The molecule has 5 heteroatoms. The molecule has 0 bridgehead atoms. The standard InChI is InChI=1S/C14H23BrN2O2/c1-4-6-16-8-12-7-13(15)9-17-14(12)19-11(3)10-18-5-2/h7,9,11,16H,4-6,8,10H2,1-3H3. The Morgan fingerprint density at radius 2 is 2.21 bits per heavy atom. The van der Waals surface area contributed by atoms with Crippen LogP contribution in [0.4, 0.5) is 0 Å². The Labute approximate surface area is 124 Å². The first-order chi connectivity index (χ1) is 9.17. The second kappa shape index (κ2) is 9.28. The van der Waals surface area contributed by atoms with Gasteiger partial charge in [0, 0.05) is 29.4 Å². The molecule has 0 aliphatic rings. The number of hydrogen-bond donors (Lipinski definition) is 1. The molecule has 1 N–H and O–H groups in total. The first-order valence-electron chi connectivity index (χ1n) is 6.76. The number of hydrogen-bond acceptors (Lipinski definition) is 4. The number of rotatable bonds is 9. The van der Waals surface area contributed by atoms with E-state index in [9.17, 15) is 0 Å². The monoisotopic (exact) mass is 330 g/mol. The van der Waals surface area contributed by atoms with Crippen LogP contribution in [-0.2, 0) is 11.3 Å². The minimum atomic E-state index is -0.00134. The van der Waals surface area contributed by atoms with Crippen LogP contribution in [0.5, 0.6) is 5.88 Å². The van der Waals surface area contributed by atoms with Crippen LogP contribution in [0, 0.1) is 0 Å². The summed E-state index contributed by atoms with van der Waals surface area (Å²) in [6.07, 6.45) is 2.86. The highest BCUT2D eigenvalue weighted by atomic mass is 79.9. The number of halogens is 1. The zero-order chi connectivity index (χ0) is 14.1. The molecule has 0 saturated heterocycles. The molecule has 0 fully saturated rings. The second-order valence-electron chi connectivity index (χ2n) is 4.38. The molecule has 1 atom stereocenters. The van der Waals surface area contributed by atoms with Gasteiger partial charge in [-0.25, -0.2) is 4.98 Å². The number of pyridine rings is 1. The van der Waals surface area contributed by atoms with Crippen molar-refractivity contribution in [3.05, 3.63) is 22.3 Å². The Morgan fingerprint density at radius 1 is 1.42 bits per heavy atom. The normalized spacial score (nSPS) is 12.4. The summed E-state index contributed by atoms with van der Waals surface area (Å²) in [5.41, 5.74) is 1.06. The molecule has 1 heterocycles. The van der Waals surface area contributed by atoms with Gasteiger partial charge in [0.25, 0.3) is 0 Å². The van der Waals surface area contributed by atoms with Gasteiger partial charge in [0.2, 0.25) is 5.88 Å². The highest BCUT2D eigenvalue weighted by Gasteiger charge is 2.10. The van der Waals surface area contributed by atoms with E-state index in [1.165, 1.54) is 0 Å². The summed E-state index contributed by atoms with van der Waals surface area (Å²) in [6.45, 7) is 9.14. The fourth-order valence-corrected chi connectivity index (χ4v) is 1.99. The minimum Gasteiger partial charge on any atom is -0.472 e. The van der Waals surface area contributed by atoms with E-state index < -0.39 is 0 Å². The Hall–Kier alpha value is -0.650. The van der Waals surface area contributed by atoms with Crippen LogP contribution in [-0.4, -0.2) is 30.8 Å². The van der Waals surface area contributed by atoms with E-state index in [4.69, 9.17) is 9.47 Å². The molecule has 19 heavy (non-hydrogen) atoms. The number of ether oxygens (including phenoxy) is 2. The molecule has 1 aromatic rings.